The smallest absolute Gasteiger partial charge is 0.248 e. The van der Waals surface area contributed by atoms with Crippen LogP contribution >= 0.6 is 11.6 Å². The van der Waals surface area contributed by atoms with Gasteiger partial charge < -0.3 is 5.32 Å². The fourth-order valence-corrected chi connectivity index (χ4v) is 1.70. The molecule has 0 aliphatic rings. The molecule has 1 amide bonds. The van der Waals surface area contributed by atoms with Gasteiger partial charge >= 0.3 is 0 Å². The van der Waals surface area contributed by atoms with Crippen LogP contribution in [0, 0.1) is 11.6 Å². The third-order valence-electron chi connectivity index (χ3n) is 2.51. The summed E-state index contributed by atoms with van der Waals surface area (Å²) in [6.07, 6.45) is 2.73. The average Bonchev–Trinajstić information content (AvgIpc) is 2.43. The van der Waals surface area contributed by atoms with E-state index in [0.717, 1.165) is 0 Å². The van der Waals surface area contributed by atoms with Gasteiger partial charge in [-0.15, -0.1) is 0 Å². The lowest BCUT2D eigenvalue weighted by Crippen LogP contribution is -2.09. The van der Waals surface area contributed by atoms with E-state index in [9.17, 15) is 13.6 Å². The Morgan fingerprint density at radius 3 is 2.50 bits per heavy atom. The minimum atomic E-state index is -0.683. The molecule has 20 heavy (non-hydrogen) atoms. The first kappa shape index (κ1) is 14.2. The topological polar surface area (TPSA) is 29.1 Å². The van der Waals surface area contributed by atoms with E-state index < -0.39 is 11.7 Å². The summed E-state index contributed by atoms with van der Waals surface area (Å²) < 4.78 is 26.3. The summed E-state index contributed by atoms with van der Waals surface area (Å²) in [7, 11) is 0. The highest BCUT2D eigenvalue weighted by molar-refractivity contribution is 6.31. The number of benzene rings is 2. The second kappa shape index (κ2) is 6.30. The van der Waals surface area contributed by atoms with Gasteiger partial charge in [-0.2, -0.15) is 0 Å². The zero-order valence-electron chi connectivity index (χ0n) is 10.2. The van der Waals surface area contributed by atoms with Crippen LogP contribution in [0.3, 0.4) is 0 Å². The molecule has 5 heteroatoms. The third-order valence-corrected chi connectivity index (χ3v) is 2.80. The SMILES string of the molecule is O=C(/C=C/c1ccc(F)cc1)Nc1cccc(Cl)c1F. The van der Waals surface area contributed by atoms with Crippen molar-refractivity contribution in [3.05, 3.63) is 70.8 Å². The Morgan fingerprint density at radius 1 is 1.10 bits per heavy atom. The number of carbonyl (C=O) groups is 1. The van der Waals surface area contributed by atoms with Crippen molar-refractivity contribution in [1.82, 2.24) is 0 Å². The predicted octanol–water partition coefficient (Wildman–Crippen LogP) is 4.27. The number of hydrogen-bond acceptors (Lipinski definition) is 1. The molecule has 0 atom stereocenters. The van der Waals surface area contributed by atoms with Crippen LogP contribution in [-0.4, -0.2) is 5.91 Å². The maximum Gasteiger partial charge on any atom is 0.248 e. The standard InChI is InChI=1S/C15H10ClF2NO/c16-12-2-1-3-13(15(12)18)19-14(20)9-6-10-4-7-11(17)8-5-10/h1-9H,(H,19,20)/b9-6+. The monoisotopic (exact) mass is 293 g/mol. The normalized spacial score (nSPS) is 10.8. The van der Waals surface area contributed by atoms with Crippen molar-refractivity contribution in [2.45, 2.75) is 0 Å². The summed E-state index contributed by atoms with van der Waals surface area (Å²) in [5.41, 5.74) is 0.666. The number of hydrogen-bond donors (Lipinski definition) is 1. The van der Waals surface area contributed by atoms with E-state index in [1.54, 1.807) is 0 Å². The van der Waals surface area contributed by atoms with Crippen molar-refractivity contribution in [2.24, 2.45) is 0 Å². The molecule has 0 aromatic heterocycles. The van der Waals surface area contributed by atoms with Gasteiger partial charge in [0.25, 0.3) is 0 Å². The van der Waals surface area contributed by atoms with Gasteiger partial charge in [0.05, 0.1) is 10.7 Å². The van der Waals surface area contributed by atoms with Gasteiger partial charge in [-0.3, -0.25) is 4.79 Å². The van der Waals surface area contributed by atoms with Crippen LogP contribution in [0.4, 0.5) is 14.5 Å². The molecule has 102 valence electrons. The fourth-order valence-electron chi connectivity index (χ4n) is 1.52. The molecule has 0 bridgehead atoms. The Morgan fingerprint density at radius 2 is 1.80 bits per heavy atom. The second-order valence-corrected chi connectivity index (χ2v) is 4.38. The quantitative estimate of drug-likeness (QED) is 0.841. The van der Waals surface area contributed by atoms with Crippen molar-refractivity contribution in [2.75, 3.05) is 5.32 Å². The highest BCUT2D eigenvalue weighted by Gasteiger charge is 2.07. The molecule has 0 unspecified atom stereocenters. The largest absolute Gasteiger partial charge is 0.320 e. The molecule has 1 N–H and O–H groups in total. The van der Waals surface area contributed by atoms with Crippen molar-refractivity contribution in [1.29, 1.82) is 0 Å². The zero-order valence-corrected chi connectivity index (χ0v) is 11.0. The molecule has 0 heterocycles. The van der Waals surface area contributed by atoms with E-state index >= 15 is 0 Å². The summed E-state index contributed by atoms with van der Waals surface area (Å²) in [4.78, 5) is 11.6. The van der Waals surface area contributed by atoms with Crippen LogP contribution in [0.15, 0.2) is 48.5 Å². The zero-order chi connectivity index (χ0) is 14.5. The minimum absolute atomic E-state index is 0.00579. The molecule has 0 saturated carbocycles. The Kier molecular flexibility index (Phi) is 4.48. The molecule has 0 aliphatic heterocycles. The van der Waals surface area contributed by atoms with Gasteiger partial charge in [-0.05, 0) is 35.9 Å². The van der Waals surface area contributed by atoms with Crippen LogP contribution < -0.4 is 5.32 Å². The van der Waals surface area contributed by atoms with E-state index in [-0.39, 0.29) is 16.5 Å². The Bertz CT molecular complexity index is 653. The molecular formula is C15H10ClF2NO. The highest BCUT2D eigenvalue weighted by atomic mass is 35.5. The number of rotatable bonds is 3. The molecule has 0 fully saturated rings. The lowest BCUT2D eigenvalue weighted by atomic mass is 10.2. The van der Waals surface area contributed by atoms with Crippen molar-refractivity contribution in [3.8, 4) is 0 Å². The van der Waals surface area contributed by atoms with E-state index in [0.29, 0.717) is 5.56 Å². The van der Waals surface area contributed by atoms with Gasteiger partial charge in [-0.25, -0.2) is 8.78 Å². The summed E-state index contributed by atoms with van der Waals surface area (Å²) >= 11 is 5.61. The average molecular weight is 294 g/mol. The predicted molar refractivity (Wildman–Crippen MR) is 75.5 cm³/mol. The molecule has 2 aromatic carbocycles. The number of amides is 1. The molecule has 0 radical (unpaired) electrons. The minimum Gasteiger partial charge on any atom is -0.320 e. The van der Waals surface area contributed by atoms with Gasteiger partial charge in [0.1, 0.15) is 5.82 Å². The molecule has 0 aliphatic carbocycles. The molecule has 0 spiro atoms. The number of nitrogens with one attached hydrogen (secondary N) is 1. The number of carbonyl (C=O) groups excluding carboxylic acids is 1. The first-order chi connectivity index (χ1) is 9.56. The first-order valence-corrected chi connectivity index (χ1v) is 6.13. The van der Waals surface area contributed by atoms with Crippen molar-refractivity contribution in [3.63, 3.8) is 0 Å². The summed E-state index contributed by atoms with van der Waals surface area (Å²) in [5, 5.41) is 2.31. The van der Waals surface area contributed by atoms with Crippen molar-refractivity contribution >= 4 is 29.3 Å². The van der Waals surface area contributed by atoms with Crippen molar-refractivity contribution < 1.29 is 13.6 Å². The Hall–Kier alpha value is -2.20. The fraction of sp³-hybridized carbons (Fsp3) is 0. The molecule has 0 saturated heterocycles. The van der Waals surface area contributed by atoms with Gasteiger partial charge in [-0.1, -0.05) is 29.8 Å². The molecule has 2 rings (SSSR count). The van der Waals surface area contributed by atoms with Gasteiger partial charge in [0, 0.05) is 6.08 Å². The highest BCUT2D eigenvalue weighted by Crippen LogP contribution is 2.21. The van der Waals surface area contributed by atoms with E-state index in [1.807, 2.05) is 0 Å². The molecular weight excluding hydrogens is 284 g/mol. The van der Waals surface area contributed by atoms with Crippen LogP contribution in [0.5, 0.6) is 0 Å². The van der Waals surface area contributed by atoms with Gasteiger partial charge in [0.15, 0.2) is 5.82 Å². The first-order valence-electron chi connectivity index (χ1n) is 5.75. The second-order valence-electron chi connectivity index (χ2n) is 3.98. The molecule has 2 nitrogen and oxygen atoms in total. The lowest BCUT2D eigenvalue weighted by Gasteiger charge is -2.04. The number of anilines is 1. The summed E-state index contributed by atoms with van der Waals surface area (Å²) in [5.74, 6) is -1.54. The Labute approximate surface area is 119 Å². The van der Waals surface area contributed by atoms with E-state index in [1.165, 1.54) is 54.6 Å². The van der Waals surface area contributed by atoms with Crippen LogP contribution in [0.1, 0.15) is 5.56 Å². The number of halogens is 3. The van der Waals surface area contributed by atoms with Crippen LogP contribution in [0.25, 0.3) is 6.08 Å². The van der Waals surface area contributed by atoms with Crippen LogP contribution in [-0.2, 0) is 4.79 Å². The maximum absolute atomic E-state index is 13.6. The molecule has 2 aromatic rings. The Balaban J connectivity index is 2.05. The van der Waals surface area contributed by atoms with E-state index in [2.05, 4.69) is 5.32 Å². The van der Waals surface area contributed by atoms with Gasteiger partial charge in [0.2, 0.25) is 5.91 Å². The summed E-state index contributed by atoms with van der Waals surface area (Å²) in [6, 6.07) is 9.96. The lowest BCUT2D eigenvalue weighted by molar-refractivity contribution is -0.111. The third kappa shape index (κ3) is 3.65. The summed E-state index contributed by atoms with van der Waals surface area (Å²) in [6.45, 7) is 0. The maximum atomic E-state index is 13.6. The van der Waals surface area contributed by atoms with Crippen LogP contribution in [0.2, 0.25) is 5.02 Å². The van der Waals surface area contributed by atoms with E-state index in [4.69, 9.17) is 11.6 Å².